The number of carbonyl (C=O) groups is 3. The molecule has 0 saturated carbocycles. The van der Waals surface area contributed by atoms with Gasteiger partial charge in [-0.3, -0.25) is 14.5 Å². The van der Waals surface area contributed by atoms with Crippen molar-refractivity contribution in [1.29, 1.82) is 0 Å². The van der Waals surface area contributed by atoms with E-state index in [2.05, 4.69) is 17.1 Å². The van der Waals surface area contributed by atoms with Crippen LogP contribution in [0.3, 0.4) is 0 Å². The van der Waals surface area contributed by atoms with Gasteiger partial charge in [-0.05, 0) is 44.2 Å². The molecule has 1 saturated heterocycles. The molecule has 0 aliphatic carbocycles. The molecule has 0 aromatic carbocycles. The maximum absolute atomic E-state index is 13.5. The SMILES string of the molecule is CCN1CCCCC1C(=O)N[C@H](C(=O)N(C)[C@H](C=C(C)C(=O)O)C(C)C)C(C)(C)C. The van der Waals surface area contributed by atoms with E-state index in [1.807, 2.05) is 34.6 Å². The highest BCUT2D eigenvalue weighted by Gasteiger charge is 2.39. The lowest BCUT2D eigenvalue weighted by Gasteiger charge is -2.39. The first-order valence-corrected chi connectivity index (χ1v) is 11.0. The summed E-state index contributed by atoms with van der Waals surface area (Å²) in [4.78, 5) is 41.6. The smallest absolute Gasteiger partial charge is 0.331 e. The molecular weight excluding hydrogens is 382 g/mol. The maximum atomic E-state index is 13.5. The fourth-order valence-corrected chi connectivity index (χ4v) is 3.98. The molecule has 0 bridgehead atoms. The van der Waals surface area contributed by atoms with Crippen molar-refractivity contribution < 1.29 is 19.5 Å². The Morgan fingerprint density at radius 1 is 1.23 bits per heavy atom. The number of aliphatic carboxylic acids is 1. The lowest BCUT2D eigenvalue weighted by molar-refractivity contribution is -0.141. The first-order chi connectivity index (χ1) is 13.8. The predicted molar refractivity (Wildman–Crippen MR) is 119 cm³/mol. The number of hydrogen-bond acceptors (Lipinski definition) is 4. The molecule has 1 heterocycles. The molecule has 0 aromatic heterocycles. The van der Waals surface area contributed by atoms with Crippen LogP contribution in [-0.4, -0.2) is 71.0 Å². The van der Waals surface area contributed by atoms with Gasteiger partial charge in [-0.25, -0.2) is 4.79 Å². The minimum absolute atomic E-state index is 0.0264. The fourth-order valence-electron chi connectivity index (χ4n) is 3.98. The highest BCUT2D eigenvalue weighted by molar-refractivity contribution is 5.91. The first kappa shape index (κ1) is 26.1. The summed E-state index contributed by atoms with van der Waals surface area (Å²) in [5.41, 5.74) is -0.287. The third-order valence-electron chi connectivity index (χ3n) is 5.96. The average molecular weight is 424 g/mol. The number of piperidine rings is 1. The van der Waals surface area contributed by atoms with Gasteiger partial charge in [-0.2, -0.15) is 0 Å². The van der Waals surface area contributed by atoms with Gasteiger partial charge >= 0.3 is 5.97 Å². The summed E-state index contributed by atoms with van der Waals surface area (Å²) in [5.74, 6) is -1.28. The zero-order valence-electron chi connectivity index (χ0n) is 20.0. The van der Waals surface area contributed by atoms with E-state index in [0.717, 1.165) is 32.4 Å². The molecule has 1 rings (SSSR count). The number of carboxylic acid groups (broad SMARTS) is 1. The molecule has 1 aliphatic heterocycles. The Morgan fingerprint density at radius 3 is 2.30 bits per heavy atom. The molecule has 1 aliphatic rings. The summed E-state index contributed by atoms with van der Waals surface area (Å²) < 4.78 is 0. The van der Waals surface area contributed by atoms with Crippen molar-refractivity contribution in [2.75, 3.05) is 20.1 Å². The average Bonchev–Trinajstić information content (AvgIpc) is 2.67. The molecule has 2 amide bonds. The normalized spacial score (nSPS) is 20.6. The van der Waals surface area contributed by atoms with Crippen LogP contribution in [0.1, 0.15) is 67.7 Å². The maximum Gasteiger partial charge on any atom is 0.331 e. The number of nitrogens with one attached hydrogen (secondary N) is 1. The molecule has 7 nitrogen and oxygen atoms in total. The van der Waals surface area contributed by atoms with Crippen LogP contribution in [0.15, 0.2) is 11.6 Å². The Balaban J connectivity index is 3.12. The van der Waals surface area contributed by atoms with Crippen LogP contribution in [0, 0.1) is 11.3 Å². The van der Waals surface area contributed by atoms with Crippen molar-refractivity contribution in [3.63, 3.8) is 0 Å². The fraction of sp³-hybridized carbons (Fsp3) is 0.783. The Kier molecular flexibility index (Phi) is 9.53. The van der Waals surface area contributed by atoms with E-state index in [9.17, 15) is 19.5 Å². The van der Waals surface area contributed by atoms with Crippen LogP contribution >= 0.6 is 0 Å². The summed E-state index contributed by atoms with van der Waals surface area (Å²) in [7, 11) is 1.68. The van der Waals surface area contributed by atoms with Gasteiger partial charge in [0.05, 0.1) is 12.1 Å². The van der Waals surface area contributed by atoms with Gasteiger partial charge < -0.3 is 15.3 Å². The van der Waals surface area contributed by atoms with Crippen LogP contribution in [0.25, 0.3) is 0 Å². The molecule has 0 aromatic rings. The second-order valence-electron chi connectivity index (χ2n) is 9.79. The Labute approximate surface area is 181 Å². The van der Waals surface area contributed by atoms with Gasteiger partial charge in [0.25, 0.3) is 0 Å². The summed E-state index contributed by atoms with van der Waals surface area (Å²) >= 11 is 0. The van der Waals surface area contributed by atoms with Gasteiger partial charge in [0.15, 0.2) is 0 Å². The van der Waals surface area contributed by atoms with E-state index < -0.39 is 17.4 Å². The van der Waals surface area contributed by atoms with Gasteiger partial charge in [-0.1, -0.05) is 54.0 Å². The van der Waals surface area contributed by atoms with Gasteiger partial charge in [0.1, 0.15) is 6.04 Å². The molecule has 1 fully saturated rings. The van der Waals surface area contributed by atoms with E-state index in [1.165, 1.54) is 6.92 Å². The van der Waals surface area contributed by atoms with Crippen LogP contribution in [0.2, 0.25) is 0 Å². The van der Waals surface area contributed by atoms with Gasteiger partial charge in [-0.15, -0.1) is 0 Å². The van der Waals surface area contributed by atoms with E-state index >= 15 is 0 Å². The lowest BCUT2D eigenvalue weighted by Crippen LogP contribution is -2.60. The third-order valence-corrected chi connectivity index (χ3v) is 5.96. The predicted octanol–water partition coefficient (Wildman–Crippen LogP) is 2.91. The van der Waals surface area contributed by atoms with Crippen LogP contribution in [0.5, 0.6) is 0 Å². The number of carbonyl (C=O) groups excluding carboxylic acids is 2. The van der Waals surface area contributed by atoms with E-state index in [0.29, 0.717) is 0 Å². The summed E-state index contributed by atoms with van der Waals surface area (Å²) in [6, 6.07) is -1.28. The number of nitrogens with zero attached hydrogens (tertiary/aromatic N) is 2. The summed E-state index contributed by atoms with van der Waals surface area (Å²) in [6.45, 7) is 15.0. The number of carboxylic acids is 1. The second kappa shape index (κ2) is 10.9. The molecule has 1 unspecified atom stereocenters. The Hall–Kier alpha value is -1.89. The Morgan fingerprint density at radius 2 is 1.83 bits per heavy atom. The third kappa shape index (κ3) is 6.83. The summed E-state index contributed by atoms with van der Waals surface area (Å²) in [5, 5.41) is 12.3. The monoisotopic (exact) mass is 423 g/mol. The molecule has 2 N–H and O–H groups in total. The minimum atomic E-state index is -1.00. The molecular formula is C23H41N3O4. The largest absolute Gasteiger partial charge is 0.478 e. The molecule has 30 heavy (non-hydrogen) atoms. The van der Waals surface area contributed by atoms with Crippen LogP contribution in [0.4, 0.5) is 0 Å². The molecule has 7 heteroatoms. The van der Waals surface area contributed by atoms with Crippen molar-refractivity contribution in [3.8, 4) is 0 Å². The summed E-state index contributed by atoms with van der Waals surface area (Å²) in [6.07, 6.45) is 4.52. The van der Waals surface area contributed by atoms with Crippen LogP contribution in [-0.2, 0) is 14.4 Å². The zero-order valence-corrected chi connectivity index (χ0v) is 20.0. The zero-order chi connectivity index (χ0) is 23.2. The number of likely N-dealkylation sites (tertiary alicyclic amines) is 1. The van der Waals surface area contributed by atoms with Crippen molar-refractivity contribution in [2.45, 2.75) is 85.9 Å². The molecule has 172 valence electrons. The molecule has 0 spiro atoms. The number of hydrogen-bond donors (Lipinski definition) is 2. The van der Waals surface area contributed by atoms with Gasteiger partial charge in [0.2, 0.25) is 11.8 Å². The Bertz CT molecular complexity index is 651. The standard InChI is InChI=1S/C23H41N3O4/c1-9-26-13-11-10-12-17(26)20(27)24-19(23(5,6)7)21(28)25(8)18(15(2)3)14-16(4)22(29)30/h14-15,17-19H,9-13H2,1-8H3,(H,24,27)(H,29,30)/t17?,18-,19-/m1/s1. The highest BCUT2D eigenvalue weighted by Crippen LogP contribution is 2.25. The highest BCUT2D eigenvalue weighted by atomic mass is 16.4. The second-order valence-corrected chi connectivity index (χ2v) is 9.79. The van der Waals surface area contributed by atoms with Crippen LogP contribution < -0.4 is 5.32 Å². The number of amides is 2. The van der Waals surface area contributed by atoms with Crippen molar-refractivity contribution >= 4 is 17.8 Å². The quantitative estimate of drug-likeness (QED) is 0.586. The van der Waals surface area contributed by atoms with Gasteiger partial charge in [0, 0.05) is 12.6 Å². The molecule has 3 atom stereocenters. The number of likely N-dealkylation sites (N-methyl/N-ethyl adjacent to an activating group) is 2. The molecule has 0 radical (unpaired) electrons. The first-order valence-electron chi connectivity index (χ1n) is 11.0. The van der Waals surface area contributed by atoms with E-state index in [1.54, 1.807) is 18.0 Å². The van der Waals surface area contributed by atoms with Crippen molar-refractivity contribution in [1.82, 2.24) is 15.1 Å². The van der Waals surface area contributed by atoms with E-state index in [4.69, 9.17) is 0 Å². The number of rotatable bonds is 8. The lowest BCUT2D eigenvalue weighted by atomic mass is 9.84. The van der Waals surface area contributed by atoms with Crippen molar-refractivity contribution in [3.05, 3.63) is 11.6 Å². The van der Waals surface area contributed by atoms with Crippen molar-refractivity contribution in [2.24, 2.45) is 11.3 Å². The minimum Gasteiger partial charge on any atom is -0.478 e. The van der Waals surface area contributed by atoms with E-state index in [-0.39, 0.29) is 35.4 Å². The topological polar surface area (TPSA) is 90.0 Å².